The molecular formula is C33H43N7O4. The molecule has 2 fully saturated rings. The number of piperidine rings is 1. The lowest BCUT2D eigenvalue weighted by molar-refractivity contribution is -0.0580. The lowest BCUT2D eigenvalue weighted by Gasteiger charge is -2.26. The van der Waals surface area contributed by atoms with E-state index in [9.17, 15) is 10.2 Å². The van der Waals surface area contributed by atoms with Crippen molar-refractivity contribution in [1.29, 1.82) is 0 Å². The molecule has 6 rings (SSSR count). The number of likely N-dealkylation sites (tertiary alicyclic amines) is 1. The van der Waals surface area contributed by atoms with Crippen LogP contribution < -0.4 is 10.6 Å². The van der Waals surface area contributed by atoms with Crippen LogP contribution in [0.25, 0.3) is 11.2 Å². The first kappa shape index (κ1) is 30.6. The molecule has 11 nitrogen and oxygen atoms in total. The number of aromatic nitrogens is 4. The molecule has 2 saturated heterocycles. The van der Waals surface area contributed by atoms with E-state index in [1.807, 2.05) is 12.1 Å². The van der Waals surface area contributed by atoms with E-state index in [1.165, 1.54) is 37.5 Å². The van der Waals surface area contributed by atoms with Crippen LogP contribution in [0.3, 0.4) is 0 Å². The summed E-state index contributed by atoms with van der Waals surface area (Å²) >= 11 is 0. The van der Waals surface area contributed by atoms with Gasteiger partial charge in [-0.2, -0.15) is 0 Å². The molecule has 0 unspecified atom stereocenters. The van der Waals surface area contributed by atoms with Crippen LogP contribution in [-0.2, 0) is 16.0 Å². The van der Waals surface area contributed by atoms with Gasteiger partial charge in [0.25, 0.3) is 0 Å². The minimum absolute atomic E-state index is 0.0838. The van der Waals surface area contributed by atoms with Crippen molar-refractivity contribution in [3.8, 4) is 0 Å². The van der Waals surface area contributed by atoms with Gasteiger partial charge in [0.05, 0.1) is 19.5 Å². The van der Waals surface area contributed by atoms with E-state index >= 15 is 0 Å². The summed E-state index contributed by atoms with van der Waals surface area (Å²) in [7, 11) is 1.54. The summed E-state index contributed by atoms with van der Waals surface area (Å²) in [6, 6.07) is 20.8. The predicted molar refractivity (Wildman–Crippen MR) is 168 cm³/mol. The number of nitrogens with one attached hydrogen (secondary N) is 2. The second-order valence-corrected chi connectivity index (χ2v) is 11.6. The fraction of sp³-hybridized carbons (Fsp3) is 0.485. The highest BCUT2D eigenvalue weighted by atomic mass is 16.6. The Morgan fingerprint density at radius 1 is 0.955 bits per heavy atom. The second kappa shape index (κ2) is 14.6. The molecular weight excluding hydrogens is 558 g/mol. The molecule has 44 heavy (non-hydrogen) atoms. The van der Waals surface area contributed by atoms with Gasteiger partial charge in [-0.3, -0.25) is 4.57 Å². The molecule has 4 N–H and O–H groups in total. The molecule has 0 bridgehead atoms. The smallest absolute Gasteiger partial charge is 0.168 e. The van der Waals surface area contributed by atoms with Crippen molar-refractivity contribution in [3.05, 3.63) is 83.9 Å². The van der Waals surface area contributed by atoms with Gasteiger partial charge in [-0.25, -0.2) is 15.0 Å². The number of rotatable bonds is 13. The largest absolute Gasteiger partial charge is 0.387 e. The van der Waals surface area contributed by atoms with E-state index in [2.05, 4.69) is 69.0 Å². The summed E-state index contributed by atoms with van der Waals surface area (Å²) in [4.78, 5) is 16.9. The monoisotopic (exact) mass is 601 g/mol. The molecule has 2 aromatic heterocycles. The third-order valence-electron chi connectivity index (χ3n) is 8.62. The van der Waals surface area contributed by atoms with Crippen LogP contribution in [0.15, 0.2) is 67.0 Å². The Kier molecular flexibility index (Phi) is 10.1. The van der Waals surface area contributed by atoms with Crippen LogP contribution in [0, 0.1) is 0 Å². The van der Waals surface area contributed by atoms with Gasteiger partial charge in [0.1, 0.15) is 24.1 Å². The number of hydrogen-bond acceptors (Lipinski definition) is 10. The number of ether oxygens (including phenoxy) is 2. The van der Waals surface area contributed by atoms with Crippen molar-refractivity contribution >= 4 is 17.0 Å². The molecule has 11 heteroatoms. The average Bonchev–Trinajstić information content (AvgIpc) is 3.61. The molecule has 2 aliphatic rings. The summed E-state index contributed by atoms with van der Waals surface area (Å²) < 4.78 is 12.9. The maximum absolute atomic E-state index is 10.9. The summed E-state index contributed by atoms with van der Waals surface area (Å²) in [5.41, 5.74) is 3.49. The van der Waals surface area contributed by atoms with Crippen LogP contribution >= 0.6 is 0 Å². The van der Waals surface area contributed by atoms with Gasteiger partial charge in [0.2, 0.25) is 0 Å². The van der Waals surface area contributed by atoms with Gasteiger partial charge < -0.3 is 35.2 Å². The van der Waals surface area contributed by atoms with Crippen LogP contribution in [0.5, 0.6) is 0 Å². The molecule has 0 aliphatic carbocycles. The zero-order chi connectivity index (χ0) is 30.3. The number of aliphatic hydroxyl groups excluding tert-OH is 2. The molecule has 4 aromatic rings. The van der Waals surface area contributed by atoms with E-state index in [1.54, 1.807) is 10.9 Å². The summed E-state index contributed by atoms with van der Waals surface area (Å²) in [5, 5.41) is 28.6. The zero-order valence-electron chi connectivity index (χ0n) is 25.3. The number of benzene rings is 2. The van der Waals surface area contributed by atoms with Crippen LogP contribution in [0.4, 0.5) is 5.82 Å². The zero-order valence-corrected chi connectivity index (χ0v) is 25.3. The molecule has 0 radical (unpaired) electrons. The first-order valence-electron chi connectivity index (χ1n) is 15.6. The first-order valence-corrected chi connectivity index (χ1v) is 15.6. The van der Waals surface area contributed by atoms with Gasteiger partial charge in [-0.15, -0.1) is 0 Å². The van der Waals surface area contributed by atoms with Crippen LogP contribution in [-0.4, -0.2) is 99.4 Å². The third kappa shape index (κ3) is 6.93. The van der Waals surface area contributed by atoms with E-state index in [0.717, 1.165) is 26.2 Å². The second-order valence-electron chi connectivity index (χ2n) is 11.6. The average molecular weight is 602 g/mol. The van der Waals surface area contributed by atoms with Crippen LogP contribution in [0.1, 0.15) is 48.4 Å². The summed E-state index contributed by atoms with van der Waals surface area (Å²) in [6.07, 6.45) is 1.67. The Morgan fingerprint density at radius 3 is 2.34 bits per heavy atom. The van der Waals surface area contributed by atoms with E-state index in [-0.39, 0.29) is 12.5 Å². The minimum Gasteiger partial charge on any atom is -0.387 e. The highest BCUT2D eigenvalue weighted by molar-refractivity contribution is 5.83. The maximum atomic E-state index is 10.9. The fourth-order valence-electron chi connectivity index (χ4n) is 6.23. The maximum Gasteiger partial charge on any atom is 0.168 e. The Balaban J connectivity index is 1.27. The molecule has 234 valence electrons. The van der Waals surface area contributed by atoms with Gasteiger partial charge in [-0.05, 0) is 37.1 Å². The normalized spacial score (nSPS) is 22.6. The van der Waals surface area contributed by atoms with Crippen molar-refractivity contribution in [1.82, 2.24) is 29.7 Å². The minimum atomic E-state index is -1.16. The Labute approximate surface area is 258 Å². The van der Waals surface area contributed by atoms with Gasteiger partial charge in [0.15, 0.2) is 23.2 Å². The van der Waals surface area contributed by atoms with E-state index < -0.39 is 24.5 Å². The van der Waals surface area contributed by atoms with Crippen molar-refractivity contribution in [2.75, 3.05) is 51.8 Å². The Hall–Kier alpha value is -3.45. The SMILES string of the molecule is COC[C@H]1O[C@@H](n2cnc3c(NCC(c4ccccc4)c4ccccc4)nc(CNCCN4CCCCC4)nc32)[C@H](O)[C@@H]1O. The predicted octanol–water partition coefficient (Wildman–Crippen LogP) is 2.91. The molecule has 2 aliphatic heterocycles. The number of imidazole rings is 1. The Morgan fingerprint density at radius 2 is 1.66 bits per heavy atom. The fourth-order valence-corrected chi connectivity index (χ4v) is 6.23. The van der Waals surface area contributed by atoms with Crippen molar-refractivity contribution < 1.29 is 19.7 Å². The topological polar surface area (TPSA) is 130 Å². The lowest BCUT2D eigenvalue weighted by Crippen LogP contribution is -2.35. The lowest BCUT2D eigenvalue weighted by atomic mass is 9.91. The number of anilines is 1. The molecule has 0 amide bonds. The van der Waals surface area contributed by atoms with Gasteiger partial charge >= 0.3 is 0 Å². The highest BCUT2D eigenvalue weighted by Crippen LogP contribution is 2.33. The number of fused-ring (bicyclic) bond motifs is 1. The molecule has 2 aromatic carbocycles. The number of methoxy groups -OCH3 is 1. The quantitative estimate of drug-likeness (QED) is 0.170. The van der Waals surface area contributed by atoms with E-state index in [0.29, 0.717) is 35.9 Å². The van der Waals surface area contributed by atoms with Gasteiger partial charge in [-0.1, -0.05) is 67.1 Å². The van der Waals surface area contributed by atoms with E-state index in [4.69, 9.17) is 19.4 Å². The van der Waals surface area contributed by atoms with Crippen LogP contribution in [0.2, 0.25) is 0 Å². The summed E-state index contributed by atoms with van der Waals surface area (Å²) in [6.45, 7) is 5.36. The molecule has 4 atom stereocenters. The van der Waals surface area contributed by atoms with Crippen molar-refractivity contribution in [3.63, 3.8) is 0 Å². The standard InChI is InChI=1S/C33H43N7O4/c1-43-21-26-29(41)30(42)33(44-26)40-22-36-28-31(35-19-25(23-11-5-2-6-12-23)24-13-7-3-8-14-24)37-27(38-32(28)40)20-34-15-18-39-16-9-4-10-17-39/h2-3,5-8,11-14,22,25-26,29-30,33-34,41-42H,4,9-10,15-21H2,1H3,(H,35,37,38)/t26-,29-,30-,33-/m1/s1. The van der Waals surface area contributed by atoms with Crippen molar-refractivity contribution in [2.45, 2.75) is 56.3 Å². The number of aliphatic hydroxyl groups is 2. The van der Waals surface area contributed by atoms with Crippen molar-refractivity contribution in [2.24, 2.45) is 0 Å². The summed E-state index contributed by atoms with van der Waals surface area (Å²) in [5.74, 6) is 1.30. The molecule has 0 spiro atoms. The number of nitrogens with zero attached hydrogens (tertiary/aromatic N) is 5. The van der Waals surface area contributed by atoms with Gasteiger partial charge in [0, 0.05) is 32.7 Å². The first-order chi connectivity index (χ1) is 21.6. The highest BCUT2D eigenvalue weighted by Gasteiger charge is 2.44. The third-order valence-corrected chi connectivity index (χ3v) is 8.62. The molecule has 4 heterocycles. The number of hydrogen-bond donors (Lipinski definition) is 4. The Bertz CT molecular complexity index is 1430. The molecule has 0 saturated carbocycles.